The van der Waals surface area contributed by atoms with Crippen LogP contribution in [0.2, 0.25) is 0 Å². The number of esters is 3. The maximum absolute atomic E-state index is 15.7. The number of hydrogen-bond donors (Lipinski definition) is 3. The molecule has 0 unspecified atom stereocenters. The van der Waals surface area contributed by atoms with Crippen molar-refractivity contribution in [2.45, 2.75) is 99.5 Å². The van der Waals surface area contributed by atoms with Crippen LogP contribution in [0.1, 0.15) is 79.4 Å². The van der Waals surface area contributed by atoms with Gasteiger partial charge < -0.3 is 67.5 Å². The zero-order valence-corrected chi connectivity index (χ0v) is 39.2. The molecule has 3 aromatic rings. The number of nitrogens with zero attached hydrogens (tertiary/aromatic N) is 3. The number of likely N-dealkylation sites (N-methyl/N-ethyl adjacent to an activating group) is 1. The topological polar surface area (TPSA) is 151 Å². The van der Waals surface area contributed by atoms with E-state index in [0.29, 0.717) is 86.3 Å². The number of methoxy groups -OCH3 is 3. The Kier molecular flexibility index (Phi) is 10.4. The van der Waals surface area contributed by atoms with Gasteiger partial charge in [-0.05, 0) is 61.9 Å². The fraction of sp³-hybridized carbons (Fsp3) is 0.596. The number of H-pyrrole nitrogens is 1. The fourth-order valence-electron chi connectivity index (χ4n) is 14.0. The van der Waals surface area contributed by atoms with Crippen LogP contribution >= 0.6 is 11.6 Å². The minimum atomic E-state index is -3.14. The van der Waals surface area contributed by atoms with Gasteiger partial charge in [0.15, 0.2) is 12.1 Å². The number of piperidine rings is 1. The monoisotopic (exact) mass is 989 g/mol. The predicted molar refractivity (Wildman–Crippen MR) is 230 cm³/mol. The normalized spacial score (nSPS) is 37.7. The average Bonchev–Trinajstić information content (AvgIpc) is 3.92. The van der Waals surface area contributed by atoms with E-state index in [1.165, 1.54) is 21.1 Å². The van der Waals surface area contributed by atoms with E-state index in [2.05, 4.69) is 9.88 Å². The highest BCUT2D eigenvalue weighted by molar-refractivity contribution is 6.17. The third-order valence-electron chi connectivity index (χ3n) is 16.2. The molecule has 2 bridgehead atoms. The highest BCUT2D eigenvalue weighted by Gasteiger charge is 2.80. The van der Waals surface area contributed by atoms with Crippen LogP contribution in [0.5, 0.6) is 5.75 Å². The standard InChI is InChI=1S/C47H60ClN4O9.HI/c1-8-43(56)23-29-24-46(41(54)59-6,37-31(15-20-52(25-29,26-43)27-48)30-13-10-11-14-34(30)49-37)33-21-32-35(22-36(33)58-5)50(4)39-45(32)17-19-51-18-12-16-44(9-2,38(45)51)40(61-28(3)53)47(39,57)42(55)60-7;/h10-14,16,21-22,29,38-40,49,56-57H,8-9,15,17-20,23-27H2,1-7H3;1H/q+1;/p-1/t29-,38+,39-,40-,43+,44-,45-,46+,47+,52+;/m1./s1/i6D3;. The number of anilines is 1. The lowest BCUT2D eigenvalue weighted by Gasteiger charge is -2.63. The maximum atomic E-state index is 15.7. The predicted octanol–water partition coefficient (Wildman–Crippen LogP) is 1.71. The molecule has 15 heteroatoms. The third-order valence-corrected chi connectivity index (χ3v) is 16.7. The summed E-state index contributed by atoms with van der Waals surface area (Å²) >= 11 is 6.93. The maximum Gasteiger partial charge on any atom is 0.344 e. The first-order chi connectivity index (χ1) is 30.3. The molecular formula is C47H60ClIN4O9. The molecule has 13 nitrogen and oxygen atoms in total. The zero-order chi connectivity index (χ0) is 46.0. The van der Waals surface area contributed by atoms with Gasteiger partial charge in [-0.3, -0.25) is 14.5 Å². The smallest absolute Gasteiger partial charge is 0.344 e. The van der Waals surface area contributed by atoms with Gasteiger partial charge in [-0.1, -0.05) is 55.8 Å². The Balaban J connectivity index is 0.00000576. The number of carbonyl (C=O) groups excluding carboxylic acids is 3. The molecule has 3 fully saturated rings. The first-order valence-corrected chi connectivity index (χ1v) is 22.1. The summed E-state index contributed by atoms with van der Waals surface area (Å²) in [5, 5.41) is 26.5. The molecule has 0 radical (unpaired) electrons. The number of carbonyl (C=O) groups is 3. The van der Waals surface area contributed by atoms with Crippen LogP contribution in [0.3, 0.4) is 0 Å². The minimum Gasteiger partial charge on any atom is -1.00 e. The number of aromatic nitrogens is 1. The largest absolute Gasteiger partial charge is 1.00 e. The van der Waals surface area contributed by atoms with Gasteiger partial charge in [0, 0.05) is 83.6 Å². The average molecular weight is 990 g/mol. The van der Waals surface area contributed by atoms with Crippen molar-refractivity contribution in [3.05, 3.63) is 70.9 Å². The van der Waals surface area contributed by atoms with Crippen molar-refractivity contribution in [2.75, 3.05) is 71.9 Å². The number of quaternary nitrogens is 1. The lowest BCUT2D eigenvalue weighted by Crippen LogP contribution is -3.00. The molecule has 1 aliphatic carbocycles. The first kappa shape index (κ1) is 41.3. The van der Waals surface area contributed by atoms with Crippen LogP contribution in [0, 0.1) is 11.3 Å². The number of ether oxygens (including phenoxy) is 4. The Hall–Kier alpha value is -3.41. The second kappa shape index (κ2) is 15.6. The zero-order valence-electron chi connectivity index (χ0n) is 39.3. The van der Waals surface area contributed by atoms with Gasteiger partial charge in [0.05, 0.1) is 44.5 Å². The lowest BCUT2D eigenvalue weighted by atomic mass is 9.47. The fourth-order valence-corrected chi connectivity index (χ4v) is 14.3. The Morgan fingerprint density at radius 3 is 2.50 bits per heavy atom. The Morgan fingerprint density at radius 2 is 1.82 bits per heavy atom. The van der Waals surface area contributed by atoms with Crippen molar-refractivity contribution in [1.82, 2.24) is 9.88 Å². The van der Waals surface area contributed by atoms with Gasteiger partial charge in [-0.25, -0.2) is 4.79 Å². The molecule has 1 spiro atoms. The number of hydrogen-bond acceptors (Lipinski definition) is 11. The number of aliphatic hydroxyl groups is 2. The van der Waals surface area contributed by atoms with Gasteiger partial charge in [0.1, 0.15) is 23.3 Å². The van der Waals surface area contributed by atoms with Gasteiger partial charge >= 0.3 is 17.9 Å². The van der Waals surface area contributed by atoms with Crippen LogP contribution in [0.25, 0.3) is 10.9 Å². The summed E-state index contributed by atoms with van der Waals surface area (Å²) in [6, 6.07) is 10.3. The summed E-state index contributed by atoms with van der Waals surface area (Å²) in [7, 11) is 1.36. The number of benzene rings is 2. The molecule has 0 amide bonds. The minimum absolute atomic E-state index is 0. The summed E-state index contributed by atoms with van der Waals surface area (Å²) in [6.07, 6.45) is 4.74. The molecule has 10 atom stereocenters. The van der Waals surface area contributed by atoms with Crippen molar-refractivity contribution in [1.29, 1.82) is 0 Å². The van der Waals surface area contributed by atoms with Crippen LogP contribution in [0.15, 0.2) is 48.6 Å². The lowest BCUT2D eigenvalue weighted by molar-refractivity contribution is -0.932. The summed E-state index contributed by atoms with van der Waals surface area (Å²) in [5.41, 5.74) is -3.82. The number of aromatic amines is 1. The number of halogens is 2. The quantitative estimate of drug-likeness (QED) is 0.0577. The van der Waals surface area contributed by atoms with E-state index in [1.807, 2.05) is 67.3 Å². The molecule has 9 rings (SSSR count). The van der Waals surface area contributed by atoms with E-state index in [-0.39, 0.29) is 48.1 Å². The molecule has 6 heterocycles. The Labute approximate surface area is 389 Å². The molecule has 336 valence electrons. The highest BCUT2D eigenvalue weighted by Crippen LogP contribution is 2.68. The molecule has 1 aromatic heterocycles. The molecule has 5 aliphatic heterocycles. The summed E-state index contributed by atoms with van der Waals surface area (Å²) in [4.78, 5) is 51.1. The van der Waals surface area contributed by atoms with E-state index in [9.17, 15) is 19.8 Å². The molecule has 6 aliphatic rings. The number of rotatable bonds is 8. The summed E-state index contributed by atoms with van der Waals surface area (Å²) < 4.78 is 49.1. The van der Waals surface area contributed by atoms with Gasteiger partial charge in [0.25, 0.3) is 0 Å². The van der Waals surface area contributed by atoms with Crippen LogP contribution < -0.4 is 33.6 Å². The van der Waals surface area contributed by atoms with E-state index in [1.54, 1.807) is 7.05 Å². The molecule has 3 N–H and O–H groups in total. The Morgan fingerprint density at radius 1 is 1.05 bits per heavy atom. The molecular weight excluding hydrogens is 927 g/mol. The molecule has 2 aromatic carbocycles. The summed E-state index contributed by atoms with van der Waals surface area (Å²) in [6.45, 7) is 7.81. The van der Waals surface area contributed by atoms with Crippen molar-refractivity contribution in [3.8, 4) is 5.75 Å². The molecule has 2 saturated heterocycles. The number of nitrogens with one attached hydrogen (secondary N) is 1. The third kappa shape index (κ3) is 5.87. The van der Waals surface area contributed by atoms with Crippen LogP contribution in [-0.4, -0.2) is 139 Å². The van der Waals surface area contributed by atoms with Gasteiger partial charge in [-0.15, -0.1) is 0 Å². The van der Waals surface area contributed by atoms with Crippen molar-refractivity contribution in [3.63, 3.8) is 0 Å². The second-order valence-electron chi connectivity index (χ2n) is 18.9. The van der Waals surface area contributed by atoms with E-state index in [0.717, 1.165) is 22.0 Å². The highest BCUT2D eigenvalue weighted by atomic mass is 127. The van der Waals surface area contributed by atoms with E-state index < -0.39 is 70.6 Å². The number of alkyl halides is 1. The van der Waals surface area contributed by atoms with Crippen molar-refractivity contribution in [2.24, 2.45) is 11.3 Å². The van der Waals surface area contributed by atoms with Crippen molar-refractivity contribution >= 4 is 46.1 Å². The van der Waals surface area contributed by atoms with Gasteiger partial charge in [0.2, 0.25) is 5.60 Å². The van der Waals surface area contributed by atoms with E-state index >= 15 is 4.79 Å². The number of fused-ring (bicyclic) bond motifs is 6. The van der Waals surface area contributed by atoms with Gasteiger partial charge in [-0.2, -0.15) is 0 Å². The Bertz CT molecular complexity index is 2460. The SMILES string of the molecule is [2H]C([2H])([2H])OC(=O)[C@]1(c2cc3c(cc2OC)N(C)[C@H]2[C@@](O)(C(=O)OC)[C@H](OC(C)=O)[C@]4(CC)C=CCN5CC[C@]32[C@@H]54)C[C@H]2C[C@@](O)(CC)C[N@+](CCl)(CCc3c1[nH]c1ccccc31)C2.[I-]. The van der Waals surface area contributed by atoms with Crippen molar-refractivity contribution < 1.29 is 76.1 Å². The first-order valence-electron chi connectivity index (χ1n) is 23.1. The second-order valence-corrected chi connectivity index (χ2v) is 19.1. The van der Waals surface area contributed by atoms with Crippen LogP contribution in [0.4, 0.5) is 5.69 Å². The molecule has 1 saturated carbocycles. The van der Waals surface area contributed by atoms with Crippen LogP contribution in [-0.2, 0) is 45.8 Å². The summed E-state index contributed by atoms with van der Waals surface area (Å²) in [5.74, 6) is -2.72. The number of para-hydroxylation sites is 1. The molecule has 62 heavy (non-hydrogen) atoms. The van der Waals surface area contributed by atoms with E-state index in [4.69, 9.17) is 34.7 Å².